The van der Waals surface area contributed by atoms with E-state index in [1.807, 2.05) is 37.3 Å². The summed E-state index contributed by atoms with van der Waals surface area (Å²) in [7, 11) is 0. The van der Waals surface area contributed by atoms with Gasteiger partial charge in [0.1, 0.15) is 0 Å². The van der Waals surface area contributed by atoms with Crippen molar-refractivity contribution in [3.63, 3.8) is 0 Å². The zero-order chi connectivity index (χ0) is 15.2. The maximum atomic E-state index is 13.7. The monoisotopic (exact) mass is 291 g/mol. The molecule has 2 rings (SSSR count). The van der Waals surface area contributed by atoms with E-state index in [9.17, 15) is 8.78 Å². The predicted molar refractivity (Wildman–Crippen MR) is 78.8 cm³/mol. The average Bonchev–Trinajstić information content (AvgIpc) is 2.50. The fraction of sp³-hybridized carbons (Fsp3) is 0.294. The van der Waals surface area contributed by atoms with Crippen molar-refractivity contribution in [3.05, 3.63) is 71.3 Å². The molecule has 0 saturated heterocycles. The van der Waals surface area contributed by atoms with Crippen LogP contribution in [0.3, 0.4) is 0 Å². The van der Waals surface area contributed by atoms with Gasteiger partial charge in [-0.1, -0.05) is 42.5 Å². The second-order valence-corrected chi connectivity index (χ2v) is 4.87. The summed E-state index contributed by atoms with van der Waals surface area (Å²) in [5, 5.41) is 0. The molecule has 2 N–H and O–H groups in total. The summed E-state index contributed by atoms with van der Waals surface area (Å²) >= 11 is 0. The molecule has 0 aliphatic carbocycles. The molecule has 0 fully saturated rings. The van der Waals surface area contributed by atoms with E-state index in [1.165, 1.54) is 6.07 Å². The summed E-state index contributed by atoms with van der Waals surface area (Å²) in [6.07, 6.45) is -0.137. The SMILES string of the molecule is CCOC(c1ccccc1)C(N)Cc1cccc(F)c1F. The molecule has 2 atom stereocenters. The number of ether oxygens (including phenoxy) is 1. The molecule has 0 aliphatic heterocycles. The molecule has 0 spiro atoms. The average molecular weight is 291 g/mol. The molecular weight excluding hydrogens is 272 g/mol. The van der Waals surface area contributed by atoms with E-state index >= 15 is 0 Å². The van der Waals surface area contributed by atoms with Crippen molar-refractivity contribution in [2.24, 2.45) is 5.73 Å². The van der Waals surface area contributed by atoms with Crippen LogP contribution in [0.15, 0.2) is 48.5 Å². The van der Waals surface area contributed by atoms with Crippen LogP contribution >= 0.6 is 0 Å². The molecule has 0 aromatic heterocycles. The van der Waals surface area contributed by atoms with Crippen LogP contribution in [0.2, 0.25) is 0 Å². The minimum absolute atomic E-state index is 0.211. The summed E-state index contributed by atoms with van der Waals surface area (Å²) in [6, 6.07) is 13.2. The van der Waals surface area contributed by atoms with Crippen LogP contribution in [0.1, 0.15) is 24.2 Å². The van der Waals surface area contributed by atoms with Gasteiger partial charge in [0.05, 0.1) is 6.10 Å². The zero-order valence-electron chi connectivity index (χ0n) is 11.9. The standard InChI is InChI=1S/C17H19F2NO/c1-2-21-17(12-7-4-3-5-8-12)15(20)11-13-9-6-10-14(18)16(13)19/h3-10,15,17H,2,11,20H2,1H3. The molecule has 0 aliphatic rings. The van der Waals surface area contributed by atoms with Gasteiger partial charge < -0.3 is 10.5 Å². The van der Waals surface area contributed by atoms with Gasteiger partial charge in [0, 0.05) is 12.6 Å². The molecule has 0 saturated carbocycles. The third-order valence-corrected chi connectivity index (χ3v) is 3.35. The molecule has 0 bridgehead atoms. The van der Waals surface area contributed by atoms with Gasteiger partial charge in [0.15, 0.2) is 11.6 Å². The van der Waals surface area contributed by atoms with E-state index in [0.717, 1.165) is 11.6 Å². The minimum Gasteiger partial charge on any atom is -0.372 e. The van der Waals surface area contributed by atoms with Crippen LogP contribution < -0.4 is 5.73 Å². The third kappa shape index (κ3) is 3.86. The number of nitrogens with two attached hydrogens (primary N) is 1. The Morgan fingerprint density at radius 1 is 1.05 bits per heavy atom. The highest BCUT2D eigenvalue weighted by atomic mass is 19.2. The van der Waals surface area contributed by atoms with Gasteiger partial charge in [-0.05, 0) is 30.5 Å². The minimum atomic E-state index is -0.854. The Hall–Kier alpha value is -1.78. The highest BCUT2D eigenvalue weighted by molar-refractivity contribution is 5.23. The van der Waals surface area contributed by atoms with Crippen molar-refractivity contribution >= 4 is 0 Å². The largest absolute Gasteiger partial charge is 0.372 e. The molecule has 4 heteroatoms. The first-order valence-electron chi connectivity index (χ1n) is 6.98. The molecule has 0 heterocycles. The first-order valence-corrected chi connectivity index (χ1v) is 6.98. The maximum Gasteiger partial charge on any atom is 0.162 e. The van der Waals surface area contributed by atoms with E-state index in [0.29, 0.717) is 6.61 Å². The van der Waals surface area contributed by atoms with Crippen LogP contribution in [-0.2, 0) is 11.2 Å². The molecule has 2 aromatic carbocycles. The smallest absolute Gasteiger partial charge is 0.162 e. The quantitative estimate of drug-likeness (QED) is 0.882. The maximum absolute atomic E-state index is 13.7. The third-order valence-electron chi connectivity index (χ3n) is 3.35. The van der Waals surface area contributed by atoms with Gasteiger partial charge >= 0.3 is 0 Å². The molecule has 2 nitrogen and oxygen atoms in total. The topological polar surface area (TPSA) is 35.2 Å². The second kappa shape index (κ2) is 7.29. The first-order chi connectivity index (χ1) is 10.1. The van der Waals surface area contributed by atoms with Crippen molar-refractivity contribution in [1.29, 1.82) is 0 Å². The van der Waals surface area contributed by atoms with Gasteiger partial charge in [0.25, 0.3) is 0 Å². The Labute approximate surface area is 123 Å². The van der Waals surface area contributed by atoms with E-state index in [1.54, 1.807) is 6.07 Å². The normalized spacial score (nSPS) is 13.9. The number of rotatable bonds is 6. The Kier molecular flexibility index (Phi) is 5.42. The highest BCUT2D eigenvalue weighted by Gasteiger charge is 2.22. The van der Waals surface area contributed by atoms with Gasteiger partial charge in [-0.15, -0.1) is 0 Å². The lowest BCUT2D eigenvalue weighted by molar-refractivity contribution is 0.0431. The molecule has 112 valence electrons. The van der Waals surface area contributed by atoms with E-state index < -0.39 is 17.7 Å². The molecule has 0 amide bonds. The van der Waals surface area contributed by atoms with Crippen LogP contribution in [0, 0.1) is 11.6 Å². The summed E-state index contributed by atoms with van der Waals surface area (Å²) in [5.41, 5.74) is 7.37. The summed E-state index contributed by atoms with van der Waals surface area (Å²) in [5.74, 6) is -1.69. The first kappa shape index (κ1) is 15.6. The van der Waals surface area contributed by atoms with Crippen molar-refractivity contribution in [2.45, 2.75) is 25.5 Å². The lowest BCUT2D eigenvalue weighted by Crippen LogP contribution is -2.33. The lowest BCUT2D eigenvalue weighted by atomic mass is 9.96. The second-order valence-electron chi connectivity index (χ2n) is 4.87. The van der Waals surface area contributed by atoms with Gasteiger partial charge in [-0.3, -0.25) is 0 Å². The van der Waals surface area contributed by atoms with Crippen molar-refractivity contribution < 1.29 is 13.5 Å². The Bertz CT molecular complexity index is 574. The number of hydrogen-bond donors (Lipinski definition) is 1. The molecule has 21 heavy (non-hydrogen) atoms. The van der Waals surface area contributed by atoms with E-state index in [2.05, 4.69) is 0 Å². The van der Waals surface area contributed by atoms with E-state index in [-0.39, 0.29) is 18.1 Å². The Morgan fingerprint density at radius 2 is 1.76 bits per heavy atom. The number of hydrogen-bond acceptors (Lipinski definition) is 2. The van der Waals surface area contributed by atoms with Gasteiger partial charge in [-0.2, -0.15) is 0 Å². The van der Waals surface area contributed by atoms with Crippen molar-refractivity contribution in [1.82, 2.24) is 0 Å². The van der Waals surface area contributed by atoms with Crippen LogP contribution in [0.5, 0.6) is 0 Å². The lowest BCUT2D eigenvalue weighted by Gasteiger charge is -2.24. The number of halogens is 2. The summed E-state index contributed by atoms with van der Waals surface area (Å²) < 4.78 is 32.7. The molecular formula is C17H19F2NO. The van der Waals surface area contributed by atoms with Gasteiger partial charge in [0.2, 0.25) is 0 Å². The molecule has 2 unspecified atom stereocenters. The van der Waals surface area contributed by atoms with Crippen LogP contribution in [0.4, 0.5) is 8.78 Å². The van der Waals surface area contributed by atoms with Gasteiger partial charge in [-0.25, -0.2) is 8.78 Å². The fourth-order valence-corrected chi connectivity index (χ4v) is 2.36. The summed E-state index contributed by atoms with van der Waals surface area (Å²) in [6.45, 7) is 2.38. The summed E-state index contributed by atoms with van der Waals surface area (Å²) in [4.78, 5) is 0. The molecule has 2 aromatic rings. The van der Waals surface area contributed by atoms with Crippen molar-refractivity contribution in [3.8, 4) is 0 Å². The Morgan fingerprint density at radius 3 is 2.43 bits per heavy atom. The zero-order valence-corrected chi connectivity index (χ0v) is 11.9. The fourth-order valence-electron chi connectivity index (χ4n) is 2.36. The predicted octanol–water partition coefficient (Wildman–Crippen LogP) is 3.61. The highest BCUT2D eigenvalue weighted by Crippen LogP contribution is 2.23. The number of benzene rings is 2. The van der Waals surface area contributed by atoms with Crippen LogP contribution in [0.25, 0.3) is 0 Å². The Balaban J connectivity index is 2.19. The van der Waals surface area contributed by atoms with Crippen molar-refractivity contribution in [2.75, 3.05) is 6.61 Å². The van der Waals surface area contributed by atoms with E-state index in [4.69, 9.17) is 10.5 Å². The van der Waals surface area contributed by atoms with Crippen LogP contribution in [-0.4, -0.2) is 12.6 Å². The molecule has 0 radical (unpaired) electrons.